The summed E-state index contributed by atoms with van der Waals surface area (Å²) in [4.78, 5) is 6.09. The van der Waals surface area contributed by atoms with Gasteiger partial charge in [-0.1, -0.05) is 23.2 Å². The van der Waals surface area contributed by atoms with Crippen molar-refractivity contribution in [1.82, 2.24) is 9.88 Å². The predicted molar refractivity (Wildman–Crippen MR) is 55.9 cm³/mol. The third-order valence-corrected chi connectivity index (χ3v) is 2.82. The maximum Gasteiger partial charge on any atom is 0.147 e. The van der Waals surface area contributed by atoms with Gasteiger partial charge < -0.3 is 4.74 Å². The smallest absolute Gasteiger partial charge is 0.147 e. The highest BCUT2D eigenvalue weighted by Crippen LogP contribution is 2.23. The molecule has 0 unspecified atom stereocenters. The van der Waals surface area contributed by atoms with Gasteiger partial charge in [0, 0.05) is 19.2 Å². The molecule has 0 atom stereocenters. The summed E-state index contributed by atoms with van der Waals surface area (Å²) in [5.74, 6) is 0.659. The third kappa shape index (κ3) is 2.29. The summed E-state index contributed by atoms with van der Waals surface area (Å²) in [6.07, 6.45) is 2.83. The molecular weight excluding hydrogens is 223 g/mol. The summed E-state index contributed by atoms with van der Waals surface area (Å²) < 4.78 is 5.47. The Balaban J connectivity index is 1.91. The fourth-order valence-electron chi connectivity index (χ4n) is 1.16. The van der Waals surface area contributed by atoms with Crippen molar-refractivity contribution in [3.63, 3.8) is 0 Å². The van der Waals surface area contributed by atoms with E-state index in [1.807, 2.05) is 0 Å². The molecule has 5 heteroatoms. The largest absolute Gasteiger partial charge is 0.476 e. The molecule has 2 rings (SSSR count). The molecule has 0 aliphatic carbocycles. The number of pyridine rings is 1. The number of hydrogen-bond donors (Lipinski definition) is 0. The molecule has 0 amide bonds. The van der Waals surface area contributed by atoms with Crippen molar-refractivity contribution in [3.05, 3.63) is 22.4 Å². The first-order valence-corrected chi connectivity index (χ1v) is 5.17. The average Bonchev–Trinajstić information content (AvgIpc) is 2.08. The van der Waals surface area contributed by atoms with E-state index < -0.39 is 0 Å². The Labute approximate surface area is 92.6 Å². The molecule has 1 aliphatic heterocycles. The first kappa shape index (κ1) is 10.0. The summed E-state index contributed by atoms with van der Waals surface area (Å²) in [7, 11) is 0. The number of nitrogens with zero attached hydrogens (tertiary/aromatic N) is 2. The molecule has 1 fully saturated rings. The Bertz CT molecular complexity index is 329. The molecule has 0 spiro atoms. The zero-order valence-corrected chi connectivity index (χ0v) is 9.05. The molecule has 14 heavy (non-hydrogen) atoms. The van der Waals surface area contributed by atoms with Crippen molar-refractivity contribution in [2.45, 2.75) is 6.42 Å². The van der Waals surface area contributed by atoms with Gasteiger partial charge in [-0.2, -0.15) is 0 Å². The SMILES string of the molecule is Clc1cc(OCN2CCC2)cnc1Cl. The van der Waals surface area contributed by atoms with Crippen LogP contribution in [0.15, 0.2) is 12.3 Å². The summed E-state index contributed by atoms with van der Waals surface area (Å²) in [5.41, 5.74) is 0. The van der Waals surface area contributed by atoms with Gasteiger partial charge in [-0.25, -0.2) is 4.98 Å². The second-order valence-corrected chi connectivity index (χ2v) is 3.95. The van der Waals surface area contributed by atoms with Gasteiger partial charge >= 0.3 is 0 Å². The molecule has 76 valence electrons. The van der Waals surface area contributed by atoms with Crippen LogP contribution in [0.2, 0.25) is 10.2 Å². The number of halogens is 2. The number of hydrogen-bond acceptors (Lipinski definition) is 3. The first-order valence-electron chi connectivity index (χ1n) is 4.42. The number of ether oxygens (including phenoxy) is 1. The van der Waals surface area contributed by atoms with E-state index in [0.29, 0.717) is 22.7 Å². The maximum absolute atomic E-state index is 5.79. The second kappa shape index (κ2) is 4.34. The van der Waals surface area contributed by atoms with Crippen LogP contribution in [0.25, 0.3) is 0 Å². The van der Waals surface area contributed by atoms with Crippen LogP contribution in [0, 0.1) is 0 Å². The molecule has 0 radical (unpaired) electrons. The number of aromatic nitrogens is 1. The quantitative estimate of drug-likeness (QED) is 0.749. The molecule has 1 aromatic heterocycles. The molecule has 1 saturated heterocycles. The first-order chi connectivity index (χ1) is 6.75. The summed E-state index contributed by atoms with van der Waals surface area (Å²) in [5, 5.41) is 0.732. The summed E-state index contributed by atoms with van der Waals surface area (Å²) >= 11 is 11.5. The van der Waals surface area contributed by atoms with E-state index in [0.717, 1.165) is 13.1 Å². The Morgan fingerprint density at radius 2 is 2.21 bits per heavy atom. The minimum atomic E-state index is 0.308. The average molecular weight is 233 g/mol. The van der Waals surface area contributed by atoms with E-state index in [2.05, 4.69) is 9.88 Å². The molecule has 0 saturated carbocycles. The second-order valence-electron chi connectivity index (χ2n) is 3.19. The lowest BCUT2D eigenvalue weighted by Gasteiger charge is -2.30. The van der Waals surface area contributed by atoms with Gasteiger partial charge in [-0.05, 0) is 6.42 Å². The van der Waals surface area contributed by atoms with Gasteiger partial charge in [0.05, 0.1) is 11.2 Å². The van der Waals surface area contributed by atoms with Crippen LogP contribution in [0.3, 0.4) is 0 Å². The molecule has 1 aromatic rings. The Morgan fingerprint density at radius 3 is 2.79 bits per heavy atom. The topological polar surface area (TPSA) is 25.4 Å². The van der Waals surface area contributed by atoms with Crippen LogP contribution in [-0.2, 0) is 0 Å². The van der Waals surface area contributed by atoms with Crippen LogP contribution in [-0.4, -0.2) is 29.7 Å². The van der Waals surface area contributed by atoms with Crippen LogP contribution in [0.5, 0.6) is 5.75 Å². The standard InChI is InChI=1S/C9H10Cl2N2O/c10-8-4-7(5-12-9(8)11)14-6-13-2-1-3-13/h4-5H,1-3,6H2. The fraction of sp³-hybridized carbons (Fsp3) is 0.444. The van der Waals surface area contributed by atoms with Crippen molar-refractivity contribution in [3.8, 4) is 5.75 Å². The molecule has 0 aromatic carbocycles. The zero-order chi connectivity index (χ0) is 9.97. The molecular formula is C9H10Cl2N2O. The van der Waals surface area contributed by atoms with Crippen LogP contribution < -0.4 is 4.74 Å². The minimum Gasteiger partial charge on any atom is -0.476 e. The van der Waals surface area contributed by atoms with Crippen molar-refractivity contribution in [2.24, 2.45) is 0 Å². The van der Waals surface area contributed by atoms with Crippen LogP contribution >= 0.6 is 23.2 Å². The minimum absolute atomic E-state index is 0.308. The Kier molecular flexibility index (Phi) is 3.11. The number of likely N-dealkylation sites (tertiary alicyclic amines) is 1. The normalized spacial score (nSPS) is 16.4. The lowest BCUT2D eigenvalue weighted by molar-refractivity contribution is 0.0728. The Morgan fingerprint density at radius 1 is 1.43 bits per heavy atom. The predicted octanol–water partition coefficient (Wildman–Crippen LogP) is 2.43. The Hall–Kier alpha value is -0.510. The fourth-order valence-corrected chi connectivity index (χ4v) is 1.42. The highest BCUT2D eigenvalue weighted by Gasteiger charge is 2.13. The number of rotatable bonds is 3. The molecule has 0 bridgehead atoms. The van der Waals surface area contributed by atoms with Crippen LogP contribution in [0.4, 0.5) is 0 Å². The van der Waals surface area contributed by atoms with Gasteiger partial charge in [0.15, 0.2) is 0 Å². The third-order valence-electron chi connectivity index (χ3n) is 2.13. The molecule has 0 N–H and O–H groups in total. The lowest BCUT2D eigenvalue weighted by atomic mass is 10.2. The van der Waals surface area contributed by atoms with Gasteiger partial charge in [-0.15, -0.1) is 0 Å². The van der Waals surface area contributed by atoms with Crippen molar-refractivity contribution in [2.75, 3.05) is 19.8 Å². The van der Waals surface area contributed by atoms with E-state index in [1.165, 1.54) is 6.42 Å². The van der Waals surface area contributed by atoms with Crippen molar-refractivity contribution >= 4 is 23.2 Å². The van der Waals surface area contributed by atoms with Gasteiger partial charge in [0.25, 0.3) is 0 Å². The maximum atomic E-state index is 5.79. The van der Waals surface area contributed by atoms with E-state index in [-0.39, 0.29) is 0 Å². The zero-order valence-electron chi connectivity index (χ0n) is 7.54. The van der Waals surface area contributed by atoms with Gasteiger partial charge in [0.1, 0.15) is 17.6 Å². The van der Waals surface area contributed by atoms with E-state index in [4.69, 9.17) is 27.9 Å². The highest BCUT2D eigenvalue weighted by molar-refractivity contribution is 6.41. The monoisotopic (exact) mass is 232 g/mol. The van der Waals surface area contributed by atoms with E-state index in [9.17, 15) is 0 Å². The summed E-state index contributed by atoms with van der Waals surface area (Å²) in [6.45, 7) is 2.81. The van der Waals surface area contributed by atoms with E-state index >= 15 is 0 Å². The van der Waals surface area contributed by atoms with E-state index in [1.54, 1.807) is 12.3 Å². The van der Waals surface area contributed by atoms with Crippen LogP contribution in [0.1, 0.15) is 6.42 Å². The highest BCUT2D eigenvalue weighted by atomic mass is 35.5. The van der Waals surface area contributed by atoms with Crippen molar-refractivity contribution in [1.29, 1.82) is 0 Å². The molecule has 1 aliphatic rings. The molecule has 3 nitrogen and oxygen atoms in total. The summed E-state index contributed by atoms with van der Waals surface area (Å²) in [6, 6.07) is 1.68. The van der Waals surface area contributed by atoms with Crippen molar-refractivity contribution < 1.29 is 4.74 Å². The molecule has 2 heterocycles. The van der Waals surface area contributed by atoms with Gasteiger partial charge in [-0.3, -0.25) is 4.90 Å². The van der Waals surface area contributed by atoms with Gasteiger partial charge in [0.2, 0.25) is 0 Å². The lowest BCUT2D eigenvalue weighted by Crippen LogP contribution is -2.39.